The van der Waals surface area contributed by atoms with Crippen molar-refractivity contribution in [3.8, 4) is 0 Å². The van der Waals surface area contributed by atoms with E-state index in [1.54, 1.807) is 0 Å². The molecule has 0 amide bonds. The first-order valence-electron chi connectivity index (χ1n) is 2.89. The molecule has 0 aromatic carbocycles. The molecule has 0 bridgehead atoms. The van der Waals surface area contributed by atoms with Gasteiger partial charge in [-0.05, 0) is 11.3 Å². The minimum atomic E-state index is 0. The summed E-state index contributed by atoms with van der Waals surface area (Å²) in [5.41, 5.74) is 1.81. The average Bonchev–Trinajstić information content (AvgIpc) is 1.27. The van der Waals surface area contributed by atoms with Crippen LogP contribution in [0.25, 0.3) is 0 Å². The van der Waals surface area contributed by atoms with Gasteiger partial charge in [-0.1, -0.05) is 27.7 Å². The zero-order chi connectivity index (χ0) is 5.86. The normalized spacial score (nSPS) is 9.75. The molecular formula is C6H15LiP+. The Kier molecular flexibility index (Phi) is 9.06. The maximum Gasteiger partial charge on any atom is 1.00 e. The van der Waals surface area contributed by atoms with Crippen molar-refractivity contribution in [1.29, 1.82) is 0 Å². The zero-order valence-corrected chi connectivity index (χ0v) is 7.65. The van der Waals surface area contributed by atoms with Gasteiger partial charge in [-0.15, -0.1) is 8.58 Å². The Hall–Kier alpha value is 1.03. The molecule has 0 rings (SSSR count). The fourth-order valence-electron chi connectivity index (χ4n) is 0.667. The van der Waals surface area contributed by atoms with Gasteiger partial charge in [0, 0.05) is 0 Å². The second-order valence-electron chi connectivity index (χ2n) is 2.48. The van der Waals surface area contributed by atoms with Crippen LogP contribution in [-0.2, 0) is 0 Å². The van der Waals surface area contributed by atoms with Gasteiger partial charge in [-0.2, -0.15) is 0 Å². The molecular weight excluding hydrogens is 110 g/mol. The summed E-state index contributed by atoms with van der Waals surface area (Å²) < 4.78 is 0. The molecule has 0 aromatic rings. The maximum atomic E-state index is 2.28. The first-order chi connectivity index (χ1) is 3.13. The van der Waals surface area contributed by atoms with Crippen molar-refractivity contribution in [2.24, 2.45) is 0 Å². The van der Waals surface area contributed by atoms with Crippen LogP contribution in [-0.4, -0.2) is 11.3 Å². The van der Waals surface area contributed by atoms with Crippen LogP contribution in [0.2, 0.25) is 0 Å². The van der Waals surface area contributed by atoms with E-state index in [1.807, 2.05) is 0 Å². The van der Waals surface area contributed by atoms with Crippen LogP contribution in [0.5, 0.6) is 0 Å². The molecule has 0 saturated heterocycles. The van der Waals surface area contributed by atoms with Crippen LogP contribution >= 0.6 is 8.58 Å². The molecule has 0 nitrogen and oxygen atoms in total. The summed E-state index contributed by atoms with van der Waals surface area (Å²) in [6.45, 7) is 9.10. The van der Waals surface area contributed by atoms with Gasteiger partial charge in [0.1, 0.15) is 0 Å². The van der Waals surface area contributed by atoms with E-state index in [4.69, 9.17) is 0 Å². The van der Waals surface area contributed by atoms with Crippen LogP contribution in [0.1, 0.15) is 27.7 Å². The van der Waals surface area contributed by atoms with Crippen LogP contribution in [0.15, 0.2) is 0 Å². The minimum Gasteiger partial charge on any atom is -0.117 e. The van der Waals surface area contributed by atoms with Gasteiger partial charge in [0.05, 0.1) is 0 Å². The van der Waals surface area contributed by atoms with Gasteiger partial charge < -0.3 is 0 Å². The second-order valence-corrected chi connectivity index (χ2v) is 5.12. The first-order valence-corrected chi connectivity index (χ1v) is 4.04. The van der Waals surface area contributed by atoms with Crippen LogP contribution in [0, 0.1) is 0 Å². The zero-order valence-electron chi connectivity index (χ0n) is 6.65. The third-order valence-corrected chi connectivity index (χ3v) is 2.00. The summed E-state index contributed by atoms with van der Waals surface area (Å²) in [6.07, 6.45) is 0. The average molecular weight is 125 g/mol. The third kappa shape index (κ3) is 10.1. The largest absolute Gasteiger partial charge is 1.00 e. The molecule has 0 aliphatic rings. The molecule has 0 aliphatic carbocycles. The second kappa shape index (κ2) is 6.15. The molecule has 0 aromatic heterocycles. The van der Waals surface area contributed by atoms with Crippen molar-refractivity contribution < 1.29 is 18.9 Å². The van der Waals surface area contributed by atoms with E-state index in [0.717, 1.165) is 19.9 Å². The number of hydrogen-bond acceptors (Lipinski definition) is 0. The van der Waals surface area contributed by atoms with Gasteiger partial charge in [0.2, 0.25) is 0 Å². The quantitative estimate of drug-likeness (QED) is 0.344. The number of hydrogen-bond donors (Lipinski definition) is 0. The Balaban J connectivity index is 0. The SMILES string of the molecule is CC(C)PC(C)C.[Li+]. The Bertz CT molecular complexity index is 37.8. The smallest absolute Gasteiger partial charge is 0.117 e. The fourth-order valence-corrected chi connectivity index (χ4v) is 2.00. The van der Waals surface area contributed by atoms with Crippen LogP contribution in [0.3, 0.4) is 0 Å². The molecule has 0 aliphatic heterocycles. The summed E-state index contributed by atoms with van der Waals surface area (Å²) in [5.74, 6) is 0. The van der Waals surface area contributed by atoms with Crippen molar-refractivity contribution in [1.82, 2.24) is 0 Å². The van der Waals surface area contributed by atoms with E-state index in [2.05, 4.69) is 27.7 Å². The van der Waals surface area contributed by atoms with Gasteiger partial charge >= 0.3 is 18.9 Å². The molecule has 0 N–H and O–H groups in total. The molecule has 0 saturated carbocycles. The van der Waals surface area contributed by atoms with E-state index in [-0.39, 0.29) is 18.9 Å². The van der Waals surface area contributed by atoms with E-state index < -0.39 is 0 Å². The van der Waals surface area contributed by atoms with Gasteiger partial charge in [0.15, 0.2) is 0 Å². The summed E-state index contributed by atoms with van der Waals surface area (Å²) in [6, 6.07) is 0. The summed E-state index contributed by atoms with van der Waals surface area (Å²) in [4.78, 5) is 0. The Morgan fingerprint density at radius 2 is 1.12 bits per heavy atom. The standard InChI is InChI=1S/C6H15P.Li/c1-5(2)7-6(3)4;/h5-7H,1-4H3;/q;+1. The maximum absolute atomic E-state index is 2.28. The summed E-state index contributed by atoms with van der Waals surface area (Å²) in [5, 5.41) is 0. The summed E-state index contributed by atoms with van der Waals surface area (Å²) >= 11 is 0. The monoisotopic (exact) mass is 125 g/mol. The van der Waals surface area contributed by atoms with E-state index in [1.165, 1.54) is 0 Å². The number of rotatable bonds is 2. The molecule has 0 radical (unpaired) electrons. The van der Waals surface area contributed by atoms with Crippen LogP contribution in [0.4, 0.5) is 0 Å². The van der Waals surface area contributed by atoms with Gasteiger partial charge in [-0.3, -0.25) is 0 Å². The van der Waals surface area contributed by atoms with Crippen molar-refractivity contribution >= 4 is 8.58 Å². The molecule has 0 heterocycles. The first kappa shape index (κ1) is 11.8. The van der Waals surface area contributed by atoms with Crippen molar-refractivity contribution in [3.63, 3.8) is 0 Å². The molecule has 0 fully saturated rings. The van der Waals surface area contributed by atoms with Crippen molar-refractivity contribution in [3.05, 3.63) is 0 Å². The molecule has 0 atom stereocenters. The van der Waals surface area contributed by atoms with Crippen LogP contribution < -0.4 is 18.9 Å². The van der Waals surface area contributed by atoms with E-state index in [9.17, 15) is 0 Å². The Morgan fingerprint density at radius 3 is 1.12 bits per heavy atom. The summed E-state index contributed by atoms with van der Waals surface area (Å²) in [7, 11) is 1.15. The predicted molar refractivity (Wildman–Crippen MR) is 38.6 cm³/mol. The fraction of sp³-hybridized carbons (Fsp3) is 1.00. The minimum absolute atomic E-state index is 0. The van der Waals surface area contributed by atoms with Crippen molar-refractivity contribution in [2.45, 2.75) is 39.0 Å². The molecule has 44 valence electrons. The molecule has 0 spiro atoms. The predicted octanol–water partition coefficient (Wildman–Crippen LogP) is -0.514. The Morgan fingerprint density at radius 1 is 0.875 bits per heavy atom. The Labute approximate surface area is 66.8 Å². The van der Waals surface area contributed by atoms with E-state index >= 15 is 0 Å². The topological polar surface area (TPSA) is 0 Å². The van der Waals surface area contributed by atoms with Crippen molar-refractivity contribution in [2.75, 3.05) is 0 Å². The van der Waals surface area contributed by atoms with Gasteiger partial charge in [0.25, 0.3) is 0 Å². The molecule has 0 unspecified atom stereocenters. The molecule has 2 heteroatoms. The van der Waals surface area contributed by atoms with Gasteiger partial charge in [-0.25, -0.2) is 0 Å². The van der Waals surface area contributed by atoms with E-state index in [0.29, 0.717) is 0 Å². The third-order valence-electron chi connectivity index (χ3n) is 0.667. The molecule has 8 heavy (non-hydrogen) atoms.